The van der Waals surface area contributed by atoms with Crippen molar-refractivity contribution in [1.82, 2.24) is 0 Å². The highest BCUT2D eigenvalue weighted by Crippen LogP contribution is 2.55. The Kier molecular flexibility index (Phi) is 5.33. The molecule has 30 heavy (non-hydrogen) atoms. The van der Waals surface area contributed by atoms with Gasteiger partial charge in [0.05, 0.1) is 26.4 Å². The van der Waals surface area contributed by atoms with Crippen LogP contribution in [0.3, 0.4) is 0 Å². The van der Waals surface area contributed by atoms with Gasteiger partial charge in [-0.15, -0.1) is 23.4 Å². The molecule has 3 N–H and O–H groups in total. The molecular weight excluding hydrogens is 432 g/mol. The third-order valence-corrected chi connectivity index (χ3v) is 7.80. The third-order valence-electron chi connectivity index (χ3n) is 5.68. The number of nitrogens with one attached hydrogen (secondary N) is 1. The van der Waals surface area contributed by atoms with Gasteiger partial charge in [0.25, 0.3) is 5.69 Å². The van der Waals surface area contributed by atoms with Crippen LogP contribution in [0.1, 0.15) is 28.3 Å². The number of aromatic carboxylic acids is 1. The van der Waals surface area contributed by atoms with Crippen LogP contribution in [0.5, 0.6) is 0 Å². The number of aliphatic carboxylic acids is 1. The minimum Gasteiger partial charge on any atom is -0.480 e. The van der Waals surface area contributed by atoms with Crippen molar-refractivity contribution in [3.63, 3.8) is 0 Å². The first-order valence-electron chi connectivity index (χ1n) is 9.19. The molecule has 1 heterocycles. The Labute approximate surface area is 180 Å². The number of nitrogens with zero attached hydrogens (tertiary/aromatic N) is 1. The summed E-state index contributed by atoms with van der Waals surface area (Å²) in [6, 6.07) is 10.2. The lowest BCUT2D eigenvalue weighted by molar-refractivity contribution is -0.387. The zero-order chi connectivity index (χ0) is 21.6. The Morgan fingerprint density at radius 1 is 1.17 bits per heavy atom. The summed E-state index contributed by atoms with van der Waals surface area (Å²) in [5.74, 6) is -3.00. The van der Waals surface area contributed by atoms with E-state index >= 15 is 0 Å². The summed E-state index contributed by atoms with van der Waals surface area (Å²) >= 11 is 8.07. The molecule has 0 bridgehead atoms. The van der Waals surface area contributed by atoms with Gasteiger partial charge < -0.3 is 15.5 Å². The number of nitro benzene ring substituents is 1. The van der Waals surface area contributed by atoms with Crippen molar-refractivity contribution < 1.29 is 24.7 Å². The summed E-state index contributed by atoms with van der Waals surface area (Å²) in [5.41, 5.74) is 0.919. The van der Waals surface area contributed by atoms with Crippen molar-refractivity contribution in [2.45, 2.75) is 33.9 Å². The van der Waals surface area contributed by atoms with E-state index in [-0.39, 0.29) is 34.0 Å². The summed E-state index contributed by atoms with van der Waals surface area (Å²) in [7, 11) is 0. The lowest BCUT2D eigenvalue weighted by Gasteiger charge is -2.36. The minimum absolute atomic E-state index is 0.00383. The molecule has 1 saturated carbocycles. The van der Waals surface area contributed by atoms with Gasteiger partial charge in [-0.2, -0.15) is 0 Å². The number of hydrogen-bond acceptors (Lipinski definition) is 6. The predicted octanol–water partition coefficient (Wildman–Crippen LogP) is 4.04. The maximum Gasteiger partial charge on any atom is 0.337 e. The average Bonchev–Trinajstić information content (AvgIpc) is 3.03. The number of thioether (sulfide) groups is 1. The summed E-state index contributed by atoms with van der Waals surface area (Å²) in [5, 5.41) is 32.7. The van der Waals surface area contributed by atoms with E-state index in [4.69, 9.17) is 11.6 Å². The van der Waals surface area contributed by atoms with Crippen molar-refractivity contribution >= 4 is 46.7 Å². The standard InChI is InChI=1S/C20H17ClN2O6S/c21-16-14(30-13-7-2-1-6-12(13)23(28)29)8-11-15(16)9-4-3-5-10(19(24)25)17(9)22-18(11)20(26)27/h1-7,11,14-16,18,22H,8H2,(H,24,25)(H,26,27)/t11-,14+,15-,16+,18+/m1/s1. The molecule has 0 aromatic heterocycles. The number of rotatable bonds is 5. The van der Waals surface area contributed by atoms with Gasteiger partial charge >= 0.3 is 11.9 Å². The van der Waals surface area contributed by atoms with E-state index in [9.17, 15) is 29.9 Å². The van der Waals surface area contributed by atoms with Crippen LogP contribution >= 0.6 is 23.4 Å². The maximum absolute atomic E-state index is 12.0. The van der Waals surface area contributed by atoms with Crippen LogP contribution in [0, 0.1) is 16.0 Å². The maximum atomic E-state index is 12.0. The predicted molar refractivity (Wildman–Crippen MR) is 112 cm³/mol. The molecule has 2 aliphatic rings. The molecule has 2 aromatic rings. The monoisotopic (exact) mass is 448 g/mol. The fraction of sp³-hybridized carbons (Fsp3) is 0.300. The molecule has 2 aromatic carbocycles. The Morgan fingerprint density at radius 2 is 1.90 bits per heavy atom. The van der Waals surface area contributed by atoms with Gasteiger partial charge in [0.15, 0.2) is 0 Å². The molecule has 10 heteroatoms. The number of nitro groups is 1. The second-order valence-electron chi connectivity index (χ2n) is 7.29. The number of hydrogen-bond donors (Lipinski definition) is 3. The zero-order valence-electron chi connectivity index (χ0n) is 15.4. The normalized spacial score (nSPS) is 26.9. The molecular formula is C20H17ClN2O6S. The Bertz CT molecular complexity index is 1050. The van der Waals surface area contributed by atoms with Crippen molar-refractivity contribution in [2.24, 2.45) is 5.92 Å². The number of carboxylic acids is 2. The first kappa shape index (κ1) is 20.5. The molecule has 156 valence electrons. The second kappa shape index (κ2) is 7.81. The molecule has 0 unspecified atom stereocenters. The highest BCUT2D eigenvalue weighted by Gasteiger charge is 2.52. The lowest BCUT2D eigenvalue weighted by atomic mass is 9.78. The van der Waals surface area contributed by atoms with E-state index in [2.05, 4.69) is 5.32 Å². The van der Waals surface area contributed by atoms with Gasteiger partial charge in [0.2, 0.25) is 0 Å². The molecule has 0 radical (unpaired) electrons. The molecule has 5 atom stereocenters. The zero-order valence-corrected chi connectivity index (χ0v) is 17.0. The average molecular weight is 449 g/mol. The Hall–Kier alpha value is -2.78. The molecule has 1 aliphatic carbocycles. The second-order valence-corrected chi connectivity index (χ2v) is 9.07. The molecule has 1 fully saturated rings. The number of alkyl halides is 1. The van der Waals surface area contributed by atoms with E-state index < -0.39 is 28.3 Å². The van der Waals surface area contributed by atoms with Crippen molar-refractivity contribution in [3.8, 4) is 0 Å². The van der Waals surface area contributed by atoms with Gasteiger partial charge in [-0.05, 0) is 30.0 Å². The van der Waals surface area contributed by atoms with Crippen LogP contribution in [0.2, 0.25) is 0 Å². The van der Waals surface area contributed by atoms with Crippen LogP contribution in [0.25, 0.3) is 0 Å². The summed E-state index contributed by atoms with van der Waals surface area (Å²) in [4.78, 5) is 35.0. The van der Waals surface area contributed by atoms with Crippen molar-refractivity contribution in [2.75, 3.05) is 5.32 Å². The van der Waals surface area contributed by atoms with Gasteiger partial charge in [0, 0.05) is 17.2 Å². The lowest BCUT2D eigenvalue weighted by Crippen LogP contribution is -2.43. The van der Waals surface area contributed by atoms with E-state index in [1.54, 1.807) is 30.3 Å². The molecule has 1 aliphatic heterocycles. The SMILES string of the molecule is O=C(O)c1cccc2c1N[C@H](C(=O)O)[C@@H]1C[C@H](Sc3ccccc3[N+](=O)[O-])[C@H](Cl)[C@H]21. The van der Waals surface area contributed by atoms with Crippen LogP contribution in [0.4, 0.5) is 11.4 Å². The van der Waals surface area contributed by atoms with E-state index in [0.717, 1.165) is 0 Å². The van der Waals surface area contributed by atoms with Gasteiger partial charge in [-0.3, -0.25) is 10.1 Å². The number of halogens is 1. The topological polar surface area (TPSA) is 130 Å². The van der Waals surface area contributed by atoms with Crippen LogP contribution in [0.15, 0.2) is 47.4 Å². The number of anilines is 1. The fourth-order valence-corrected chi connectivity index (χ4v) is 6.38. The molecule has 0 saturated heterocycles. The van der Waals surface area contributed by atoms with E-state index in [1.807, 2.05) is 0 Å². The van der Waals surface area contributed by atoms with Gasteiger partial charge in [-0.1, -0.05) is 24.3 Å². The molecule has 0 amide bonds. The minimum atomic E-state index is -1.16. The first-order chi connectivity index (χ1) is 14.3. The highest BCUT2D eigenvalue weighted by molar-refractivity contribution is 8.00. The fourth-order valence-electron chi connectivity index (χ4n) is 4.44. The largest absolute Gasteiger partial charge is 0.480 e. The van der Waals surface area contributed by atoms with Crippen LogP contribution in [-0.2, 0) is 4.79 Å². The smallest absolute Gasteiger partial charge is 0.337 e. The molecule has 8 nitrogen and oxygen atoms in total. The quantitative estimate of drug-likeness (QED) is 0.355. The number of carboxylic acid groups (broad SMARTS) is 2. The molecule has 0 spiro atoms. The summed E-state index contributed by atoms with van der Waals surface area (Å²) < 4.78 is 0. The summed E-state index contributed by atoms with van der Waals surface area (Å²) in [6.45, 7) is 0. The number of fused-ring (bicyclic) bond motifs is 3. The van der Waals surface area contributed by atoms with Crippen LogP contribution in [-0.4, -0.2) is 43.7 Å². The molecule has 4 rings (SSSR count). The Balaban J connectivity index is 1.73. The van der Waals surface area contributed by atoms with Crippen LogP contribution < -0.4 is 5.32 Å². The van der Waals surface area contributed by atoms with E-state index in [1.165, 1.54) is 23.9 Å². The number of para-hydroxylation sites is 2. The van der Waals surface area contributed by atoms with E-state index in [0.29, 0.717) is 16.9 Å². The summed E-state index contributed by atoms with van der Waals surface area (Å²) in [6.07, 6.45) is 0.427. The highest BCUT2D eigenvalue weighted by atomic mass is 35.5. The third kappa shape index (κ3) is 3.37. The first-order valence-corrected chi connectivity index (χ1v) is 10.5. The van der Waals surface area contributed by atoms with Gasteiger partial charge in [-0.25, -0.2) is 9.59 Å². The Morgan fingerprint density at radius 3 is 2.57 bits per heavy atom. The number of carbonyl (C=O) groups is 2. The van der Waals surface area contributed by atoms with Gasteiger partial charge in [0.1, 0.15) is 6.04 Å². The number of benzene rings is 2. The van der Waals surface area contributed by atoms with Crippen molar-refractivity contribution in [3.05, 3.63) is 63.7 Å². The van der Waals surface area contributed by atoms with Crippen molar-refractivity contribution in [1.29, 1.82) is 0 Å².